The van der Waals surface area contributed by atoms with Crippen molar-refractivity contribution in [1.29, 1.82) is 0 Å². The summed E-state index contributed by atoms with van der Waals surface area (Å²) in [6.07, 6.45) is 2.00. The highest BCUT2D eigenvalue weighted by Crippen LogP contribution is 2.42. The van der Waals surface area contributed by atoms with Crippen LogP contribution >= 0.6 is 11.6 Å². The van der Waals surface area contributed by atoms with Gasteiger partial charge in [0, 0.05) is 11.1 Å². The van der Waals surface area contributed by atoms with Crippen molar-refractivity contribution in [3.05, 3.63) is 76.3 Å². The highest BCUT2D eigenvalue weighted by molar-refractivity contribution is 7.89. The van der Waals surface area contributed by atoms with Crippen molar-refractivity contribution in [1.82, 2.24) is 4.31 Å². The van der Waals surface area contributed by atoms with Gasteiger partial charge in [-0.05, 0) is 42.7 Å². The maximum atomic E-state index is 13.5. The molecule has 1 aliphatic rings. The second-order valence-electron chi connectivity index (χ2n) is 6.46. The van der Waals surface area contributed by atoms with Crippen molar-refractivity contribution in [3.63, 3.8) is 0 Å². The Labute approximate surface area is 163 Å². The maximum absolute atomic E-state index is 13.5. The Kier molecular flexibility index (Phi) is 5.42. The molecule has 0 bridgehead atoms. The molecule has 3 rings (SSSR count). The summed E-state index contributed by atoms with van der Waals surface area (Å²) in [5.74, 6) is -1.13. The molecule has 1 heterocycles. The summed E-state index contributed by atoms with van der Waals surface area (Å²) in [6.45, 7) is 3.57. The lowest BCUT2D eigenvalue weighted by molar-refractivity contribution is -0.133. The average molecular weight is 406 g/mol. The van der Waals surface area contributed by atoms with E-state index in [1.165, 1.54) is 10.4 Å². The minimum atomic E-state index is -3.92. The number of aryl methyl sites for hydroxylation is 1. The smallest absolute Gasteiger partial charge is 0.333 e. The Hall–Kier alpha value is -2.15. The van der Waals surface area contributed by atoms with E-state index >= 15 is 0 Å². The Morgan fingerprint density at radius 1 is 1.15 bits per heavy atom. The molecule has 0 saturated carbocycles. The summed E-state index contributed by atoms with van der Waals surface area (Å²) in [5.41, 5.74) is 1.24. The average Bonchev–Trinajstić information content (AvgIpc) is 3.03. The first-order valence-electron chi connectivity index (χ1n) is 8.57. The summed E-state index contributed by atoms with van der Waals surface area (Å²) in [7, 11) is -3.92. The van der Waals surface area contributed by atoms with Crippen LogP contribution in [0.3, 0.4) is 0 Å². The highest BCUT2D eigenvalue weighted by atomic mass is 35.5. The molecule has 142 valence electrons. The monoisotopic (exact) mass is 405 g/mol. The van der Waals surface area contributed by atoms with Gasteiger partial charge in [0.05, 0.1) is 16.5 Å². The Morgan fingerprint density at radius 3 is 2.33 bits per heavy atom. The first-order chi connectivity index (χ1) is 12.8. The fraction of sp³-hybridized carbons (Fsp3) is 0.250. The molecule has 2 aromatic carbocycles. The van der Waals surface area contributed by atoms with Crippen molar-refractivity contribution in [2.45, 2.75) is 37.2 Å². The SMILES string of the molecule is CC[C@H]1C=C(C(=O)O)[C@@H](c2ccc(Cl)cc2)N1S(=O)(=O)c1ccccc1C. The van der Waals surface area contributed by atoms with Gasteiger partial charge in [-0.15, -0.1) is 0 Å². The lowest BCUT2D eigenvalue weighted by Gasteiger charge is -2.30. The van der Waals surface area contributed by atoms with Crippen LogP contribution in [0.2, 0.25) is 5.02 Å². The molecule has 2 atom stereocenters. The number of hydrogen-bond donors (Lipinski definition) is 1. The number of rotatable bonds is 5. The Morgan fingerprint density at radius 2 is 1.78 bits per heavy atom. The maximum Gasteiger partial charge on any atom is 0.333 e. The van der Waals surface area contributed by atoms with Crippen LogP contribution in [0.25, 0.3) is 0 Å². The second-order valence-corrected chi connectivity index (χ2v) is 8.71. The lowest BCUT2D eigenvalue weighted by Crippen LogP contribution is -2.39. The zero-order valence-electron chi connectivity index (χ0n) is 15.0. The van der Waals surface area contributed by atoms with Gasteiger partial charge in [0.15, 0.2) is 0 Å². The number of sulfonamides is 1. The fourth-order valence-corrected chi connectivity index (χ4v) is 5.59. The summed E-state index contributed by atoms with van der Waals surface area (Å²) >= 11 is 5.95. The van der Waals surface area contributed by atoms with Gasteiger partial charge in [0.25, 0.3) is 0 Å². The summed E-state index contributed by atoms with van der Waals surface area (Å²) in [6, 6.07) is 11.9. The molecule has 2 aromatic rings. The van der Waals surface area contributed by atoms with Gasteiger partial charge in [0.2, 0.25) is 10.0 Å². The van der Waals surface area contributed by atoms with E-state index in [0.717, 1.165) is 0 Å². The van der Waals surface area contributed by atoms with E-state index in [-0.39, 0.29) is 10.5 Å². The number of aliphatic carboxylic acids is 1. The normalized spacial score (nSPS) is 20.5. The number of carbonyl (C=O) groups is 1. The molecule has 27 heavy (non-hydrogen) atoms. The summed E-state index contributed by atoms with van der Waals surface area (Å²) in [4.78, 5) is 12.1. The number of carboxylic acid groups (broad SMARTS) is 1. The van der Waals surface area contributed by atoms with E-state index in [9.17, 15) is 18.3 Å². The van der Waals surface area contributed by atoms with Gasteiger partial charge >= 0.3 is 5.97 Å². The summed E-state index contributed by atoms with van der Waals surface area (Å²) in [5, 5.41) is 10.2. The molecule has 1 N–H and O–H groups in total. The highest BCUT2D eigenvalue weighted by Gasteiger charge is 2.45. The predicted molar refractivity (Wildman–Crippen MR) is 104 cm³/mol. The third-order valence-corrected chi connectivity index (χ3v) is 7.05. The molecule has 0 aromatic heterocycles. The van der Waals surface area contributed by atoms with Crippen molar-refractivity contribution in [2.75, 3.05) is 0 Å². The van der Waals surface area contributed by atoms with E-state index in [1.807, 2.05) is 6.92 Å². The first-order valence-corrected chi connectivity index (χ1v) is 10.4. The molecule has 0 amide bonds. The predicted octanol–water partition coefficient (Wildman–Crippen LogP) is 4.18. The van der Waals surface area contributed by atoms with Gasteiger partial charge in [-0.3, -0.25) is 0 Å². The molecule has 7 heteroatoms. The van der Waals surface area contributed by atoms with Gasteiger partial charge in [-0.2, -0.15) is 4.31 Å². The molecule has 0 radical (unpaired) electrons. The zero-order valence-corrected chi connectivity index (χ0v) is 16.5. The Balaban J connectivity index is 2.20. The molecule has 0 aliphatic carbocycles. The van der Waals surface area contributed by atoms with E-state index in [4.69, 9.17) is 11.6 Å². The number of halogens is 1. The topological polar surface area (TPSA) is 74.7 Å². The van der Waals surface area contributed by atoms with E-state index in [0.29, 0.717) is 22.6 Å². The number of carboxylic acids is 1. The molecule has 0 spiro atoms. The van der Waals surface area contributed by atoms with E-state index in [2.05, 4.69) is 0 Å². The minimum absolute atomic E-state index is 0.0568. The molecular weight excluding hydrogens is 386 g/mol. The molecule has 5 nitrogen and oxygen atoms in total. The van der Waals surface area contributed by atoms with Crippen LogP contribution in [0.1, 0.15) is 30.5 Å². The van der Waals surface area contributed by atoms with E-state index < -0.39 is 28.1 Å². The molecule has 0 unspecified atom stereocenters. The number of nitrogens with zero attached hydrogens (tertiary/aromatic N) is 1. The third-order valence-electron chi connectivity index (χ3n) is 4.75. The van der Waals surface area contributed by atoms with Gasteiger partial charge in [-0.1, -0.05) is 54.9 Å². The summed E-state index contributed by atoms with van der Waals surface area (Å²) < 4.78 is 28.3. The van der Waals surface area contributed by atoms with Gasteiger partial charge in [-0.25, -0.2) is 13.2 Å². The molecular formula is C20H20ClNO4S. The Bertz CT molecular complexity index is 999. The van der Waals surface area contributed by atoms with Gasteiger partial charge < -0.3 is 5.11 Å². The standard InChI is InChI=1S/C20H20ClNO4S/c1-3-16-12-17(20(23)24)19(14-8-10-15(21)11-9-14)22(16)27(25,26)18-7-5-4-6-13(18)2/h4-12,16,19H,3H2,1-2H3,(H,23,24)/t16-,19+/m0/s1. The van der Waals surface area contributed by atoms with E-state index in [1.54, 1.807) is 55.5 Å². The van der Waals surface area contributed by atoms with Crippen LogP contribution in [-0.4, -0.2) is 29.8 Å². The zero-order chi connectivity index (χ0) is 19.8. The third kappa shape index (κ3) is 3.52. The van der Waals surface area contributed by atoms with Crippen LogP contribution in [0, 0.1) is 6.92 Å². The number of hydrogen-bond acceptors (Lipinski definition) is 3. The molecule has 0 fully saturated rings. The number of benzene rings is 2. The molecule has 1 aliphatic heterocycles. The molecule has 0 saturated heterocycles. The van der Waals surface area contributed by atoms with Crippen LogP contribution in [0.4, 0.5) is 0 Å². The second kappa shape index (κ2) is 7.46. The largest absolute Gasteiger partial charge is 0.478 e. The van der Waals surface area contributed by atoms with Crippen LogP contribution in [-0.2, 0) is 14.8 Å². The van der Waals surface area contributed by atoms with Crippen molar-refractivity contribution in [3.8, 4) is 0 Å². The lowest BCUT2D eigenvalue weighted by atomic mass is 10.0. The first kappa shape index (κ1) is 19.6. The van der Waals surface area contributed by atoms with Gasteiger partial charge in [0.1, 0.15) is 0 Å². The van der Waals surface area contributed by atoms with Crippen LogP contribution < -0.4 is 0 Å². The minimum Gasteiger partial charge on any atom is -0.478 e. The van der Waals surface area contributed by atoms with Crippen molar-refractivity contribution >= 4 is 27.6 Å². The quantitative estimate of drug-likeness (QED) is 0.809. The fourth-order valence-electron chi connectivity index (χ4n) is 3.43. The van der Waals surface area contributed by atoms with Crippen LogP contribution in [0.5, 0.6) is 0 Å². The van der Waals surface area contributed by atoms with Crippen molar-refractivity contribution < 1.29 is 18.3 Å². The van der Waals surface area contributed by atoms with Crippen LogP contribution in [0.15, 0.2) is 65.1 Å². The van der Waals surface area contributed by atoms with Crippen molar-refractivity contribution in [2.24, 2.45) is 0 Å².